The maximum atomic E-state index is 5.77. The molecule has 0 saturated heterocycles. The zero-order chi connectivity index (χ0) is 13.2. The van der Waals surface area contributed by atoms with Gasteiger partial charge in [0.2, 0.25) is 0 Å². The van der Waals surface area contributed by atoms with E-state index in [-0.39, 0.29) is 6.04 Å². The first kappa shape index (κ1) is 12.3. The molecule has 0 aliphatic heterocycles. The Bertz CT molecular complexity index is 582. The van der Waals surface area contributed by atoms with Crippen LogP contribution in [0.3, 0.4) is 0 Å². The molecule has 0 bridgehead atoms. The predicted octanol–water partition coefficient (Wildman–Crippen LogP) is 2.02. The van der Waals surface area contributed by atoms with Crippen LogP contribution in [0.2, 0.25) is 0 Å². The number of nitrogens with zero attached hydrogens (tertiary/aromatic N) is 2. The first-order chi connectivity index (χ1) is 9.29. The maximum Gasteiger partial charge on any atom is 0.0715 e. The number of nitrogens with two attached hydrogens (primary N) is 1. The highest BCUT2D eigenvalue weighted by Crippen LogP contribution is 2.39. The van der Waals surface area contributed by atoms with Crippen molar-refractivity contribution in [3.05, 3.63) is 59.2 Å². The molecule has 0 radical (unpaired) electrons. The summed E-state index contributed by atoms with van der Waals surface area (Å²) < 4.78 is 0. The van der Waals surface area contributed by atoms with E-state index in [2.05, 4.69) is 34.5 Å². The molecule has 4 nitrogen and oxygen atoms in total. The molecule has 3 N–H and O–H groups in total. The van der Waals surface area contributed by atoms with Gasteiger partial charge in [-0.15, -0.1) is 0 Å². The molecule has 0 saturated carbocycles. The zero-order valence-corrected chi connectivity index (χ0v) is 11.0. The molecule has 98 valence electrons. The van der Waals surface area contributed by atoms with E-state index >= 15 is 0 Å². The van der Waals surface area contributed by atoms with Crippen LogP contribution < -0.4 is 11.3 Å². The molecule has 1 aliphatic rings. The SMILES string of the molecule is Cc1ccnc(C(NN)C2CCc3cccnc32)c1. The average Bonchev–Trinajstić information content (AvgIpc) is 2.84. The molecular formula is C15H18N4. The van der Waals surface area contributed by atoms with Crippen molar-refractivity contribution in [1.29, 1.82) is 0 Å². The van der Waals surface area contributed by atoms with Gasteiger partial charge < -0.3 is 0 Å². The molecule has 2 unspecified atom stereocenters. The quantitative estimate of drug-likeness (QED) is 0.649. The highest BCUT2D eigenvalue weighted by atomic mass is 15.2. The topological polar surface area (TPSA) is 63.8 Å². The summed E-state index contributed by atoms with van der Waals surface area (Å²) in [5.41, 5.74) is 7.61. The van der Waals surface area contributed by atoms with Gasteiger partial charge in [-0.3, -0.25) is 21.2 Å². The molecule has 0 amide bonds. The summed E-state index contributed by atoms with van der Waals surface area (Å²) in [4.78, 5) is 8.99. The zero-order valence-electron chi connectivity index (χ0n) is 11.0. The van der Waals surface area contributed by atoms with E-state index in [4.69, 9.17) is 5.84 Å². The number of aryl methyl sites for hydroxylation is 2. The number of hydrazine groups is 1. The van der Waals surface area contributed by atoms with Gasteiger partial charge in [-0.25, -0.2) is 0 Å². The fourth-order valence-electron chi connectivity index (χ4n) is 2.91. The van der Waals surface area contributed by atoms with E-state index in [0.29, 0.717) is 5.92 Å². The smallest absolute Gasteiger partial charge is 0.0715 e. The minimum Gasteiger partial charge on any atom is -0.271 e. The van der Waals surface area contributed by atoms with Gasteiger partial charge in [-0.1, -0.05) is 6.07 Å². The Morgan fingerprint density at radius 1 is 1.32 bits per heavy atom. The van der Waals surface area contributed by atoms with Crippen LogP contribution in [-0.2, 0) is 6.42 Å². The second kappa shape index (κ2) is 5.07. The van der Waals surface area contributed by atoms with E-state index in [9.17, 15) is 0 Å². The first-order valence-corrected chi connectivity index (χ1v) is 6.62. The standard InChI is InChI=1S/C15H18N4/c1-10-6-8-17-13(9-10)15(19-16)12-5-4-11-3-2-7-18-14(11)12/h2-3,6-9,12,15,19H,4-5,16H2,1H3. The lowest BCUT2D eigenvalue weighted by Gasteiger charge is -2.22. The summed E-state index contributed by atoms with van der Waals surface area (Å²) in [7, 11) is 0. The van der Waals surface area contributed by atoms with E-state index in [0.717, 1.165) is 24.2 Å². The van der Waals surface area contributed by atoms with Gasteiger partial charge >= 0.3 is 0 Å². The number of hydrogen-bond donors (Lipinski definition) is 2. The highest BCUT2D eigenvalue weighted by Gasteiger charge is 2.32. The molecule has 4 heteroatoms. The molecule has 2 atom stereocenters. The number of nitrogens with one attached hydrogen (secondary N) is 1. The molecule has 19 heavy (non-hydrogen) atoms. The van der Waals surface area contributed by atoms with Gasteiger partial charge in [0.1, 0.15) is 0 Å². The van der Waals surface area contributed by atoms with Crippen molar-refractivity contribution in [2.45, 2.75) is 31.7 Å². The van der Waals surface area contributed by atoms with Crippen LogP contribution in [0.5, 0.6) is 0 Å². The maximum absolute atomic E-state index is 5.77. The van der Waals surface area contributed by atoms with E-state index in [1.165, 1.54) is 11.1 Å². The summed E-state index contributed by atoms with van der Waals surface area (Å²) in [5, 5.41) is 0. The Hall–Kier alpha value is -1.78. The lowest BCUT2D eigenvalue weighted by atomic mass is 9.94. The van der Waals surface area contributed by atoms with Gasteiger partial charge in [0.05, 0.1) is 11.7 Å². The number of pyridine rings is 2. The number of hydrogen-bond acceptors (Lipinski definition) is 4. The van der Waals surface area contributed by atoms with Crippen LogP contribution in [0.4, 0.5) is 0 Å². The summed E-state index contributed by atoms with van der Waals surface area (Å²) in [6.07, 6.45) is 5.83. The van der Waals surface area contributed by atoms with Crippen LogP contribution in [0.25, 0.3) is 0 Å². The molecule has 1 aliphatic carbocycles. The predicted molar refractivity (Wildman–Crippen MR) is 74.3 cm³/mol. The van der Waals surface area contributed by atoms with E-state index < -0.39 is 0 Å². The van der Waals surface area contributed by atoms with Crippen molar-refractivity contribution in [2.24, 2.45) is 5.84 Å². The molecule has 0 spiro atoms. The number of fused-ring (bicyclic) bond motifs is 1. The van der Waals surface area contributed by atoms with Gasteiger partial charge in [-0.2, -0.15) is 0 Å². The second-order valence-corrected chi connectivity index (χ2v) is 5.10. The monoisotopic (exact) mass is 254 g/mol. The normalized spacial score (nSPS) is 19.2. The Labute approximate surface area is 113 Å². The summed E-state index contributed by atoms with van der Waals surface area (Å²) >= 11 is 0. The molecule has 2 aromatic rings. The summed E-state index contributed by atoms with van der Waals surface area (Å²) in [6.45, 7) is 2.07. The van der Waals surface area contributed by atoms with Crippen LogP contribution >= 0.6 is 0 Å². The molecule has 0 fully saturated rings. The van der Waals surface area contributed by atoms with Crippen LogP contribution in [0.1, 0.15) is 40.9 Å². The molecule has 2 heterocycles. The third-order valence-corrected chi connectivity index (χ3v) is 3.84. The second-order valence-electron chi connectivity index (χ2n) is 5.10. The third kappa shape index (κ3) is 2.25. The van der Waals surface area contributed by atoms with Crippen LogP contribution in [0, 0.1) is 6.92 Å². The molecular weight excluding hydrogens is 236 g/mol. The van der Waals surface area contributed by atoms with E-state index in [1.54, 1.807) is 0 Å². The van der Waals surface area contributed by atoms with Crippen molar-refractivity contribution in [3.63, 3.8) is 0 Å². The fourth-order valence-corrected chi connectivity index (χ4v) is 2.91. The van der Waals surface area contributed by atoms with E-state index in [1.807, 2.05) is 24.5 Å². The van der Waals surface area contributed by atoms with Crippen molar-refractivity contribution in [3.8, 4) is 0 Å². The van der Waals surface area contributed by atoms with Gasteiger partial charge in [0.25, 0.3) is 0 Å². The first-order valence-electron chi connectivity index (χ1n) is 6.62. The Balaban J connectivity index is 1.96. The van der Waals surface area contributed by atoms with Crippen LogP contribution in [-0.4, -0.2) is 9.97 Å². The van der Waals surface area contributed by atoms with Crippen molar-refractivity contribution in [1.82, 2.24) is 15.4 Å². The minimum atomic E-state index is 0.0241. The van der Waals surface area contributed by atoms with Gasteiger partial charge in [-0.05, 0) is 49.1 Å². The lowest BCUT2D eigenvalue weighted by molar-refractivity contribution is 0.437. The number of aromatic nitrogens is 2. The van der Waals surface area contributed by atoms with Crippen molar-refractivity contribution >= 4 is 0 Å². The lowest BCUT2D eigenvalue weighted by Crippen LogP contribution is -2.32. The Morgan fingerprint density at radius 2 is 2.21 bits per heavy atom. The fraction of sp³-hybridized carbons (Fsp3) is 0.333. The summed E-state index contributed by atoms with van der Waals surface area (Å²) in [6, 6.07) is 8.26. The molecule has 0 aromatic carbocycles. The third-order valence-electron chi connectivity index (χ3n) is 3.84. The highest BCUT2D eigenvalue weighted by molar-refractivity contribution is 5.32. The number of rotatable bonds is 3. The van der Waals surface area contributed by atoms with Gasteiger partial charge in [0, 0.05) is 24.0 Å². The van der Waals surface area contributed by atoms with Crippen LogP contribution in [0.15, 0.2) is 36.7 Å². The molecule has 3 rings (SSSR count). The molecule has 2 aromatic heterocycles. The summed E-state index contributed by atoms with van der Waals surface area (Å²) in [5.74, 6) is 6.08. The minimum absolute atomic E-state index is 0.0241. The Morgan fingerprint density at radius 3 is 3.00 bits per heavy atom. The van der Waals surface area contributed by atoms with Crippen molar-refractivity contribution in [2.75, 3.05) is 0 Å². The largest absolute Gasteiger partial charge is 0.271 e. The average molecular weight is 254 g/mol. The Kier molecular flexibility index (Phi) is 3.27. The van der Waals surface area contributed by atoms with Gasteiger partial charge in [0.15, 0.2) is 0 Å². The van der Waals surface area contributed by atoms with Crippen molar-refractivity contribution < 1.29 is 0 Å².